The Morgan fingerprint density at radius 2 is 1.70 bits per heavy atom. The van der Waals surface area contributed by atoms with Crippen molar-refractivity contribution < 1.29 is 19.1 Å². The first kappa shape index (κ1) is 20.3. The van der Waals surface area contributed by atoms with Crippen LogP contribution in [0.1, 0.15) is 29.3 Å². The third-order valence-electron chi connectivity index (χ3n) is 3.90. The van der Waals surface area contributed by atoms with Crippen LogP contribution in [0.15, 0.2) is 48.5 Å². The summed E-state index contributed by atoms with van der Waals surface area (Å²) in [5.74, 6) is 0.835. The Hall–Kier alpha value is -3.02. The first-order valence-corrected chi connectivity index (χ1v) is 9.03. The fraction of sp³-hybridized carbons (Fsp3) is 0.333. The van der Waals surface area contributed by atoms with Crippen molar-refractivity contribution in [3.8, 4) is 11.5 Å². The molecule has 0 saturated carbocycles. The Morgan fingerprint density at radius 1 is 0.963 bits per heavy atom. The van der Waals surface area contributed by atoms with E-state index >= 15 is 0 Å². The summed E-state index contributed by atoms with van der Waals surface area (Å²) in [7, 11) is 1.55. The van der Waals surface area contributed by atoms with E-state index in [0.29, 0.717) is 30.2 Å². The Bertz CT molecular complexity index is 744. The predicted octanol–water partition coefficient (Wildman–Crippen LogP) is 2.57. The van der Waals surface area contributed by atoms with Gasteiger partial charge in [0.05, 0.1) is 7.11 Å². The lowest BCUT2D eigenvalue weighted by Crippen LogP contribution is -2.36. The van der Waals surface area contributed by atoms with Crippen LogP contribution in [0.5, 0.6) is 11.5 Å². The predicted molar refractivity (Wildman–Crippen MR) is 104 cm³/mol. The molecule has 0 radical (unpaired) electrons. The number of ether oxygens (including phenoxy) is 2. The number of hydrogen-bond acceptors (Lipinski definition) is 4. The molecule has 2 rings (SSSR count). The minimum Gasteiger partial charge on any atom is -0.497 e. The molecule has 2 N–H and O–H groups in total. The molecule has 0 aliphatic carbocycles. The SMILES string of the molecule is CCCc1ccc(OCC(=O)NCCNC(=O)c2cccc(OC)c2)cc1. The molecular formula is C21H26N2O4. The molecule has 27 heavy (non-hydrogen) atoms. The molecular weight excluding hydrogens is 344 g/mol. The minimum absolute atomic E-state index is 0.0586. The van der Waals surface area contributed by atoms with Crippen molar-refractivity contribution in [3.63, 3.8) is 0 Å². The van der Waals surface area contributed by atoms with E-state index in [1.165, 1.54) is 5.56 Å². The number of rotatable bonds is 10. The van der Waals surface area contributed by atoms with Crippen molar-refractivity contribution in [1.29, 1.82) is 0 Å². The molecule has 6 heteroatoms. The number of amides is 2. The van der Waals surface area contributed by atoms with Gasteiger partial charge in [-0.05, 0) is 42.3 Å². The van der Waals surface area contributed by atoms with Crippen LogP contribution in [0, 0.1) is 0 Å². The summed E-state index contributed by atoms with van der Waals surface area (Å²) in [6.07, 6.45) is 2.12. The van der Waals surface area contributed by atoms with Gasteiger partial charge in [0, 0.05) is 18.7 Å². The Labute approximate surface area is 159 Å². The molecule has 0 heterocycles. The number of nitrogens with one attached hydrogen (secondary N) is 2. The van der Waals surface area contributed by atoms with Crippen LogP contribution >= 0.6 is 0 Å². The van der Waals surface area contributed by atoms with Gasteiger partial charge in [-0.15, -0.1) is 0 Å². The maximum atomic E-state index is 12.0. The second-order valence-corrected chi connectivity index (χ2v) is 6.02. The largest absolute Gasteiger partial charge is 0.497 e. The van der Waals surface area contributed by atoms with Gasteiger partial charge in [-0.25, -0.2) is 0 Å². The third kappa shape index (κ3) is 7.01. The minimum atomic E-state index is -0.233. The summed E-state index contributed by atoms with van der Waals surface area (Å²) >= 11 is 0. The van der Waals surface area contributed by atoms with Crippen molar-refractivity contribution >= 4 is 11.8 Å². The zero-order chi connectivity index (χ0) is 19.5. The lowest BCUT2D eigenvalue weighted by atomic mass is 10.1. The quantitative estimate of drug-likeness (QED) is 0.630. The van der Waals surface area contributed by atoms with Crippen LogP contribution in [0.3, 0.4) is 0 Å². The van der Waals surface area contributed by atoms with Crippen molar-refractivity contribution in [2.75, 3.05) is 26.8 Å². The van der Waals surface area contributed by atoms with Gasteiger partial charge in [0.15, 0.2) is 6.61 Å². The van der Waals surface area contributed by atoms with Crippen molar-refractivity contribution in [2.45, 2.75) is 19.8 Å². The maximum Gasteiger partial charge on any atom is 0.258 e. The molecule has 0 saturated heterocycles. The standard InChI is InChI=1S/C21H26N2O4/c1-3-5-16-8-10-18(11-9-16)27-15-20(24)22-12-13-23-21(25)17-6-4-7-19(14-17)26-2/h4,6-11,14H,3,5,12-13,15H2,1-2H3,(H,22,24)(H,23,25). The summed E-state index contributed by atoms with van der Waals surface area (Å²) < 4.78 is 10.6. The molecule has 2 amide bonds. The topological polar surface area (TPSA) is 76.7 Å². The number of aryl methyl sites for hydroxylation is 1. The molecule has 6 nitrogen and oxygen atoms in total. The van der Waals surface area contributed by atoms with E-state index in [-0.39, 0.29) is 18.4 Å². The van der Waals surface area contributed by atoms with Gasteiger partial charge in [0.2, 0.25) is 0 Å². The average Bonchev–Trinajstić information content (AvgIpc) is 2.70. The molecule has 144 valence electrons. The lowest BCUT2D eigenvalue weighted by molar-refractivity contribution is -0.123. The van der Waals surface area contributed by atoms with Gasteiger partial charge < -0.3 is 20.1 Å². The van der Waals surface area contributed by atoms with E-state index in [1.807, 2.05) is 24.3 Å². The zero-order valence-electron chi connectivity index (χ0n) is 15.8. The Morgan fingerprint density at radius 3 is 2.41 bits per heavy atom. The summed E-state index contributed by atoms with van der Waals surface area (Å²) in [6.45, 7) is 2.73. The van der Waals surface area contributed by atoms with Crippen molar-refractivity contribution in [1.82, 2.24) is 10.6 Å². The highest BCUT2D eigenvalue weighted by Gasteiger charge is 2.07. The van der Waals surface area contributed by atoms with E-state index in [1.54, 1.807) is 31.4 Å². The molecule has 0 bridgehead atoms. The van der Waals surface area contributed by atoms with Crippen LogP contribution in [0.2, 0.25) is 0 Å². The Balaban J connectivity index is 1.64. The second-order valence-electron chi connectivity index (χ2n) is 6.02. The van der Waals surface area contributed by atoms with Crippen molar-refractivity contribution in [3.05, 3.63) is 59.7 Å². The van der Waals surface area contributed by atoms with E-state index in [2.05, 4.69) is 17.6 Å². The summed E-state index contributed by atoms with van der Waals surface area (Å²) in [5, 5.41) is 5.46. The number of benzene rings is 2. The van der Waals surface area contributed by atoms with Gasteiger partial charge in [-0.3, -0.25) is 9.59 Å². The van der Waals surface area contributed by atoms with E-state index in [0.717, 1.165) is 12.8 Å². The van der Waals surface area contributed by atoms with Crippen LogP contribution < -0.4 is 20.1 Å². The monoisotopic (exact) mass is 370 g/mol. The van der Waals surface area contributed by atoms with Crippen LogP contribution in [-0.4, -0.2) is 38.6 Å². The molecule has 0 aliphatic rings. The molecule has 0 aromatic heterocycles. The molecule has 0 unspecified atom stereocenters. The molecule has 0 aliphatic heterocycles. The summed E-state index contributed by atoms with van der Waals surface area (Å²) in [6, 6.07) is 14.6. The number of carbonyl (C=O) groups is 2. The van der Waals surface area contributed by atoms with E-state index in [9.17, 15) is 9.59 Å². The highest BCUT2D eigenvalue weighted by molar-refractivity contribution is 5.94. The first-order chi connectivity index (χ1) is 13.1. The van der Waals surface area contributed by atoms with Gasteiger partial charge in [-0.2, -0.15) is 0 Å². The van der Waals surface area contributed by atoms with Crippen LogP contribution in [-0.2, 0) is 11.2 Å². The molecule has 2 aromatic rings. The normalized spacial score (nSPS) is 10.1. The van der Waals surface area contributed by atoms with Crippen molar-refractivity contribution in [2.24, 2.45) is 0 Å². The van der Waals surface area contributed by atoms with Gasteiger partial charge in [-0.1, -0.05) is 31.5 Å². The molecule has 2 aromatic carbocycles. The fourth-order valence-electron chi connectivity index (χ4n) is 2.49. The average molecular weight is 370 g/mol. The van der Waals surface area contributed by atoms with E-state index < -0.39 is 0 Å². The maximum absolute atomic E-state index is 12.0. The van der Waals surface area contributed by atoms with Crippen LogP contribution in [0.4, 0.5) is 0 Å². The third-order valence-corrected chi connectivity index (χ3v) is 3.90. The fourth-order valence-corrected chi connectivity index (χ4v) is 2.49. The zero-order valence-corrected chi connectivity index (χ0v) is 15.8. The number of carbonyl (C=O) groups excluding carboxylic acids is 2. The first-order valence-electron chi connectivity index (χ1n) is 9.03. The van der Waals surface area contributed by atoms with Gasteiger partial charge >= 0.3 is 0 Å². The van der Waals surface area contributed by atoms with Crippen LogP contribution in [0.25, 0.3) is 0 Å². The second kappa shape index (κ2) is 10.9. The molecule has 0 spiro atoms. The molecule has 0 atom stereocenters. The Kier molecular flexibility index (Phi) is 8.16. The number of methoxy groups -OCH3 is 1. The lowest BCUT2D eigenvalue weighted by Gasteiger charge is -2.09. The highest BCUT2D eigenvalue weighted by atomic mass is 16.5. The van der Waals surface area contributed by atoms with Gasteiger partial charge in [0.25, 0.3) is 11.8 Å². The molecule has 0 fully saturated rings. The van der Waals surface area contributed by atoms with E-state index in [4.69, 9.17) is 9.47 Å². The number of hydrogen-bond donors (Lipinski definition) is 2. The van der Waals surface area contributed by atoms with Gasteiger partial charge in [0.1, 0.15) is 11.5 Å². The summed E-state index contributed by atoms with van der Waals surface area (Å²) in [4.78, 5) is 23.9. The summed E-state index contributed by atoms with van der Waals surface area (Å²) in [5.41, 5.74) is 1.76. The smallest absolute Gasteiger partial charge is 0.258 e. The highest BCUT2D eigenvalue weighted by Crippen LogP contribution is 2.13.